The second kappa shape index (κ2) is 14.3. The summed E-state index contributed by atoms with van der Waals surface area (Å²) in [7, 11) is 0. The molecule has 2 aliphatic rings. The first-order valence-corrected chi connectivity index (χ1v) is 21.1. The van der Waals surface area contributed by atoms with E-state index >= 15 is 0 Å². The lowest BCUT2D eigenvalue weighted by Crippen LogP contribution is -2.26. The summed E-state index contributed by atoms with van der Waals surface area (Å²) in [6.45, 7) is 2.15. The molecule has 4 heteroatoms. The SMILES string of the molecule is Cc1cnc(-c2ccccc2)cc1-c1cccc(-c2cccc3c2-c2ccccc2C32c3ccccc3-c3ccc(-c4nc(-c5ccccc5)nc(-c5ccccc5)n4)cc32)c1. The van der Waals surface area contributed by atoms with Gasteiger partial charge < -0.3 is 0 Å². The fraction of sp³-hybridized carbons (Fsp3) is 0.0345. The van der Waals surface area contributed by atoms with Crippen molar-refractivity contribution in [2.45, 2.75) is 12.3 Å². The van der Waals surface area contributed by atoms with Crippen molar-refractivity contribution in [2.24, 2.45) is 0 Å². The van der Waals surface area contributed by atoms with Crippen LogP contribution in [0.5, 0.6) is 0 Å². The lowest BCUT2D eigenvalue weighted by Gasteiger charge is -2.30. The number of hydrogen-bond acceptors (Lipinski definition) is 4. The topological polar surface area (TPSA) is 51.6 Å². The zero-order valence-corrected chi connectivity index (χ0v) is 34.0. The number of pyridine rings is 1. The number of aromatic nitrogens is 4. The van der Waals surface area contributed by atoms with Crippen molar-refractivity contribution in [2.75, 3.05) is 0 Å². The lowest BCUT2D eigenvalue weighted by molar-refractivity contribution is 0.794. The van der Waals surface area contributed by atoms with Gasteiger partial charge in [0.15, 0.2) is 17.5 Å². The first-order valence-electron chi connectivity index (χ1n) is 21.1. The summed E-state index contributed by atoms with van der Waals surface area (Å²) >= 11 is 0. The van der Waals surface area contributed by atoms with Crippen LogP contribution >= 0.6 is 0 Å². The number of benzene rings is 8. The van der Waals surface area contributed by atoms with Crippen molar-refractivity contribution in [1.82, 2.24) is 19.9 Å². The Labute approximate surface area is 361 Å². The highest BCUT2D eigenvalue weighted by Gasteiger charge is 2.52. The molecule has 1 spiro atoms. The third-order valence-electron chi connectivity index (χ3n) is 12.7. The fourth-order valence-electron chi connectivity index (χ4n) is 9.96. The maximum atomic E-state index is 5.17. The quantitative estimate of drug-likeness (QED) is 0.168. The summed E-state index contributed by atoms with van der Waals surface area (Å²) in [5.74, 6) is 1.94. The zero-order chi connectivity index (χ0) is 41.2. The molecule has 1 unspecified atom stereocenters. The third-order valence-corrected chi connectivity index (χ3v) is 12.7. The van der Waals surface area contributed by atoms with E-state index in [2.05, 4.69) is 171 Å². The molecule has 10 aromatic rings. The number of rotatable bonds is 6. The molecule has 0 saturated heterocycles. The van der Waals surface area contributed by atoms with E-state index in [4.69, 9.17) is 19.9 Å². The average Bonchev–Trinajstić information content (AvgIpc) is 3.82. The fourth-order valence-corrected chi connectivity index (χ4v) is 9.96. The van der Waals surface area contributed by atoms with Gasteiger partial charge in [0.25, 0.3) is 0 Å². The van der Waals surface area contributed by atoms with Crippen LogP contribution in [0.1, 0.15) is 27.8 Å². The molecule has 62 heavy (non-hydrogen) atoms. The Kier molecular flexibility index (Phi) is 8.26. The normalized spacial score (nSPS) is 14.3. The second-order valence-corrected chi connectivity index (χ2v) is 16.2. The van der Waals surface area contributed by atoms with Gasteiger partial charge in [0.05, 0.1) is 11.1 Å². The van der Waals surface area contributed by atoms with E-state index in [1.54, 1.807) is 0 Å². The molecule has 0 N–H and O–H groups in total. The van der Waals surface area contributed by atoms with Gasteiger partial charge in [-0.05, 0) is 97.4 Å². The highest BCUT2D eigenvalue weighted by molar-refractivity contribution is 6.00. The summed E-state index contributed by atoms with van der Waals surface area (Å²) in [5.41, 5.74) is 20.3. The molecule has 8 aromatic carbocycles. The molecule has 4 nitrogen and oxygen atoms in total. The minimum absolute atomic E-state index is 0.564. The van der Waals surface area contributed by atoms with E-state index < -0.39 is 5.41 Å². The predicted octanol–water partition coefficient (Wildman–Crippen LogP) is 13.9. The van der Waals surface area contributed by atoms with Crippen LogP contribution in [-0.2, 0) is 5.41 Å². The molecule has 2 aliphatic carbocycles. The van der Waals surface area contributed by atoms with E-state index in [-0.39, 0.29) is 0 Å². The maximum absolute atomic E-state index is 5.17. The van der Waals surface area contributed by atoms with Gasteiger partial charge in [-0.15, -0.1) is 0 Å². The Morgan fingerprint density at radius 3 is 1.48 bits per heavy atom. The summed E-state index contributed by atoms with van der Waals surface area (Å²) < 4.78 is 0. The van der Waals surface area contributed by atoms with E-state index in [0.29, 0.717) is 17.5 Å². The predicted molar refractivity (Wildman–Crippen MR) is 251 cm³/mol. The Balaban J connectivity index is 1.06. The van der Waals surface area contributed by atoms with Crippen LogP contribution in [0.15, 0.2) is 212 Å². The van der Waals surface area contributed by atoms with Gasteiger partial charge in [-0.1, -0.05) is 188 Å². The van der Waals surface area contributed by atoms with E-state index in [1.807, 2.05) is 48.7 Å². The van der Waals surface area contributed by atoms with Gasteiger partial charge in [-0.25, -0.2) is 15.0 Å². The van der Waals surface area contributed by atoms with E-state index in [9.17, 15) is 0 Å². The maximum Gasteiger partial charge on any atom is 0.164 e. The van der Waals surface area contributed by atoms with Gasteiger partial charge in [-0.2, -0.15) is 0 Å². The van der Waals surface area contributed by atoms with Crippen LogP contribution in [0, 0.1) is 6.92 Å². The summed E-state index contributed by atoms with van der Waals surface area (Å²) in [4.78, 5) is 20.1. The second-order valence-electron chi connectivity index (χ2n) is 16.2. The largest absolute Gasteiger partial charge is 0.256 e. The van der Waals surface area contributed by atoms with Gasteiger partial charge in [-0.3, -0.25) is 4.98 Å². The molecule has 2 heterocycles. The van der Waals surface area contributed by atoms with Gasteiger partial charge in [0, 0.05) is 28.5 Å². The molecule has 12 rings (SSSR count). The molecule has 0 radical (unpaired) electrons. The average molecular weight is 791 g/mol. The highest BCUT2D eigenvalue weighted by Crippen LogP contribution is 2.64. The van der Waals surface area contributed by atoms with Gasteiger partial charge in [0.1, 0.15) is 0 Å². The standard InChI is InChI=1S/C58H38N4/c1-37-36-59-53(38-17-5-2-6-18-38)35-48(37)42-24-15-23-41(33-42)44-27-16-30-51-54(44)47-26-12-14-29-50(47)58(51)49-28-13-11-25-45(49)46-32-31-43(34-52(46)58)57-61-55(39-19-7-3-8-20-39)60-56(62-57)40-21-9-4-10-22-40/h2-36H,1H3. The van der Waals surface area contributed by atoms with Crippen LogP contribution in [0.2, 0.25) is 0 Å². The lowest BCUT2D eigenvalue weighted by atomic mass is 9.70. The number of aryl methyl sites for hydroxylation is 1. The number of fused-ring (bicyclic) bond motifs is 10. The summed E-state index contributed by atoms with van der Waals surface area (Å²) in [6, 6.07) is 73.7. The van der Waals surface area contributed by atoms with Crippen molar-refractivity contribution in [3.63, 3.8) is 0 Å². The van der Waals surface area contributed by atoms with Crippen molar-refractivity contribution in [3.05, 3.63) is 240 Å². The minimum Gasteiger partial charge on any atom is -0.256 e. The zero-order valence-electron chi connectivity index (χ0n) is 34.0. The Hall–Kier alpha value is -8.08. The van der Waals surface area contributed by atoms with Crippen molar-refractivity contribution < 1.29 is 0 Å². The van der Waals surface area contributed by atoms with Crippen molar-refractivity contribution >= 4 is 0 Å². The van der Waals surface area contributed by atoms with Crippen LogP contribution in [0.4, 0.5) is 0 Å². The van der Waals surface area contributed by atoms with Crippen molar-refractivity contribution in [1.29, 1.82) is 0 Å². The molecular formula is C58H38N4. The molecule has 1 atom stereocenters. The van der Waals surface area contributed by atoms with E-state index in [1.165, 1.54) is 66.8 Å². The van der Waals surface area contributed by atoms with Crippen LogP contribution in [0.25, 0.3) is 89.9 Å². The molecule has 290 valence electrons. The first kappa shape index (κ1) is 35.8. The Bertz CT molecular complexity index is 3300. The summed E-state index contributed by atoms with van der Waals surface area (Å²) in [5, 5.41) is 0. The van der Waals surface area contributed by atoms with Crippen LogP contribution < -0.4 is 0 Å². The molecular weight excluding hydrogens is 753 g/mol. The molecule has 2 aromatic heterocycles. The molecule has 0 fully saturated rings. The number of nitrogens with zero attached hydrogens (tertiary/aromatic N) is 4. The molecule has 0 amide bonds. The third kappa shape index (κ3) is 5.54. The molecule has 0 saturated carbocycles. The monoisotopic (exact) mass is 790 g/mol. The first-order chi connectivity index (χ1) is 30.6. The minimum atomic E-state index is -0.564. The molecule has 0 aliphatic heterocycles. The van der Waals surface area contributed by atoms with Gasteiger partial charge in [0.2, 0.25) is 0 Å². The van der Waals surface area contributed by atoms with Crippen molar-refractivity contribution in [3.8, 4) is 89.9 Å². The molecule has 0 bridgehead atoms. The van der Waals surface area contributed by atoms with Crippen LogP contribution in [-0.4, -0.2) is 19.9 Å². The Morgan fingerprint density at radius 2 is 0.806 bits per heavy atom. The van der Waals surface area contributed by atoms with Gasteiger partial charge >= 0.3 is 0 Å². The number of hydrogen-bond donors (Lipinski definition) is 0. The summed E-state index contributed by atoms with van der Waals surface area (Å²) in [6.07, 6.45) is 2.00. The smallest absolute Gasteiger partial charge is 0.164 e. The Morgan fingerprint density at radius 1 is 0.323 bits per heavy atom. The highest BCUT2D eigenvalue weighted by atomic mass is 15.0. The van der Waals surface area contributed by atoms with E-state index in [0.717, 1.165) is 33.5 Å². The van der Waals surface area contributed by atoms with Crippen LogP contribution in [0.3, 0.4) is 0 Å².